The molecule has 1 aromatic carbocycles. The molecular formula is C14H11ClN6O. The lowest BCUT2D eigenvalue weighted by Gasteiger charge is -2.08. The van der Waals surface area contributed by atoms with Crippen molar-refractivity contribution < 1.29 is 4.79 Å². The van der Waals surface area contributed by atoms with Gasteiger partial charge in [0.1, 0.15) is 12.1 Å². The molecule has 0 aliphatic rings. The van der Waals surface area contributed by atoms with Crippen molar-refractivity contribution in [2.24, 2.45) is 0 Å². The SMILES string of the molecule is Cc1cc(C(=O)Nc2ccc(Cl)cn2)ccc1-n1cnnn1. The average Bonchev–Trinajstić information content (AvgIpc) is 3.03. The molecule has 2 aromatic heterocycles. The lowest BCUT2D eigenvalue weighted by molar-refractivity contribution is 0.102. The van der Waals surface area contributed by atoms with Crippen molar-refractivity contribution >= 4 is 23.3 Å². The van der Waals surface area contributed by atoms with Crippen LogP contribution in [0, 0.1) is 6.92 Å². The van der Waals surface area contributed by atoms with Gasteiger partial charge in [-0.3, -0.25) is 4.79 Å². The molecule has 0 saturated heterocycles. The second kappa shape index (κ2) is 5.90. The van der Waals surface area contributed by atoms with Crippen LogP contribution in [0.3, 0.4) is 0 Å². The van der Waals surface area contributed by atoms with Crippen LogP contribution < -0.4 is 5.32 Å². The molecule has 110 valence electrons. The van der Waals surface area contributed by atoms with Crippen molar-refractivity contribution in [2.45, 2.75) is 6.92 Å². The number of nitrogens with one attached hydrogen (secondary N) is 1. The van der Waals surface area contributed by atoms with Gasteiger partial charge >= 0.3 is 0 Å². The number of hydrogen-bond acceptors (Lipinski definition) is 5. The normalized spacial score (nSPS) is 10.5. The van der Waals surface area contributed by atoms with Crippen molar-refractivity contribution in [1.82, 2.24) is 25.2 Å². The van der Waals surface area contributed by atoms with Gasteiger partial charge in [-0.1, -0.05) is 11.6 Å². The second-order valence-corrected chi connectivity index (χ2v) is 5.01. The van der Waals surface area contributed by atoms with Crippen molar-refractivity contribution in [3.05, 3.63) is 59.0 Å². The fraction of sp³-hybridized carbons (Fsp3) is 0.0714. The first-order chi connectivity index (χ1) is 10.6. The fourth-order valence-corrected chi connectivity index (χ4v) is 2.08. The molecule has 22 heavy (non-hydrogen) atoms. The number of aryl methyl sites for hydroxylation is 1. The van der Waals surface area contributed by atoms with Crippen LogP contribution in [-0.4, -0.2) is 31.1 Å². The van der Waals surface area contributed by atoms with Crippen molar-refractivity contribution in [1.29, 1.82) is 0 Å². The molecule has 0 bridgehead atoms. The van der Waals surface area contributed by atoms with Crippen molar-refractivity contribution in [2.75, 3.05) is 5.32 Å². The number of rotatable bonds is 3. The monoisotopic (exact) mass is 314 g/mol. The van der Waals surface area contributed by atoms with Gasteiger partial charge in [-0.2, -0.15) is 0 Å². The Balaban J connectivity index is 1.81. The maximum atomic E-state index is 12.2. The number of carbonyl (C=O) groups excluding carboxylic acids is 1. The van der Waals surface area contributed by atoms with E-state index in [1.165, 1.54) is 17.2 Å². The van der Waals surface area contributed by atoms with E-state index in [2.05, 4.69) is 25.8 Å². The van der Waals surface area contributed by atoms with Gasteiger partial charge in [0.15, 0.2) is 0 Å². The first-order valence-corrected chi connectivity index (χ1v) is 6.78. The first kappa shape index (κ1) is 14.2. The maximum Gasteiger partial charge on any atom is 0.256 e. The molecule has 0 spiro atoms. The van der Waals surface area contributed by atoms with Crippen LogP contribution in [0.15, 0.2) is 42.9 Å². The summed E-state index contributed by atoms with van der Waals surface area (Å²) in [5, 5.41) is 14.2. The number of benzene rings is 1. The van der Waals surface area contributed by atoms with Gasteiger partial charge in [-0.05, 0) is 53.2 Å². The quantitative estimate of drug-likeness (QED) is 0.801. The largest absolute Gasteiger partial charge is 0.307 e. The van der Waals surface area contributed by atoms with Gasteiger partial charge in [0, 0.05) is 11.8 Å². The van der Waals surface area contributed by atoms with Crippen LogP contribution in [0.5, 0.6) is 0 Å². The molecule has 1 amide bonds. The first-order valence-electron chi connectivity index (χ1n) is 6.40. The minimum absolute atomic E-state index is 0.249. The van der Waals surface area contributed by atoms with E-state index in [0.717, 1.165) is 11.3 Å². The van der Waals surface area contributed by atoms with Gasteiger partial charge in [0.05, 0.1) is 10.7 Å². The predicted molar refractivity (Wildman–Crippen MR) is 81.1 cm³/mol. The van der Waals surface area contributed by atoms with Crippen LogP contribution in [-0.2, 0) is 0 Å². The molecule has 0 radical (unpaired) electrons. The van der Waals surface area contributed by atoms with Crippen LogP contribution in [0.2, 0.25) is 5.02 Å². The van der Waals surface area contributed by atoms with E-state index in [1.807, 2.05) is 6.92 Å². The van der Waals surface area contributed by atoms with Gasteiger partial charge < -0.3 is 5.32 Å². The lowest BCUT2D eigenvalue weighted by atomic mass is 10.1. The molecule has 0 aliphatic carbocycles. The van der Waals surface area contributed by atoms with E-state index < -0.39 is 0 Å². The molecule has 8 heteroatoms. The number of hydrogen-bond donors (Lipinski definition) is 1. The van der Waals surface area contributed by atoms with Gasteiger partial charge in [0.25, 0.3) is 5.91 Å². The third-order valence-electron chi connectivity index (χ3n) is 3.02. The highest BCUT2D eigenvalue weighted by Crippen LogP contribution is 2.16. The lowest BCUT2D eigenvalue weighted by Crippen LogP contribution is -2.13. The standard InChI is InChI=1S/C14H11ClN6O/c1-9-6-10(2-4-12(9)21-8-17-19-20-21)14(22)18-13-5-3-11(15)7-16-13/h2-8H,1H3,(H,16,18,22). The third kappa shape index (κ3) is 2.94. The Morgan fingerprint density at radius 3 is 2.77 bits per heavy atom. The van der Waals surface area contributed by atoms with Gasteiger partial charge in [0.2, 0.25) is 0 Å². The van der Waals surface area contributed by atoms with Gasteiger partial charge in [-0.25, -0.2) is 9.67 Å². The third-order valence-corrected chi connectivity index (χ3v) is 3.25. The Morgan fingerprint density at radius 2 is 2.14 bits per heavy atom. The van der Waals surface area contributed by atoms with Crippen molar-refractivity contribution in [3.63, 3.8) is 0 Å². The number of nitrogens with zero attached hydrogens (tertiary/aromatic N) is 5. The summed E-state index contributed by atoms with van der Waals surface area (Å²) in [5.74, 6) is 0.192. The molecular weight excluding hydrogens is 304 g/mol. The Hall–Kier alpha value is -2.80. The molecule has 3 rings (SSSR count). The second-order valence-electron chi connectivity index (χ2n) is 4.57. The highest BCUT2D eigenvalue weighted by Gasteiger charge is 2.10. The fourth-order valence-electron chi connectivity index (χ4n) is 1.96. The number of halogens is 1. The van der Waals surface area contributed by atoms with E-state index in [9.17, 15) is 4.79 Å². The molecule has 1 N–H and O–H groups in total. The molecule has 0 atom stereocenters. The Morgan fingerprint density at radius 1 is 1.27 bits per heavy atom. The summed E-state index contributed by atoms with van der Waals surface area (Å²) in [6.07, 6.45) is 2.98. The summed E-state index contributed by atoms with van der Waals surface area (Å²) < 4.78 is 1.54. The molecule has 2 heterocycles. The Labute approximate surface area is 130 Å². The van der Waals surface area contributed by atoms with Crippen LogP contribution in [0.4, 0.5) is 5.82 Å². The Bertz CT molecular complexity index is 801. The predicted octanol–water partition coefficient (Wildman–Crippen LogP) is 2.27. The number of aromatic nitrogens is 5. The highest BCUT2D eigenvalue weighted by molar-refractivity contribution is 6.30. The summed E-state index contributed by atoms with van der Waals surface area (Å²) in [4.78, 5) is 16.2. The van der Waals surface area contributed by atoms with Gasteiger partial charge in [-0.15, -0.1) is 5.10 Å². The summed E-state index contributed by atoms with van der Waals surface area (Å²) in [7, 11) is 0. The van der Waals surface area contributed by atoms with Crippen molar-refractivity contribution in [3.8, 4) is 5.69 Å². The van der Waals surface area contributed by atoms with Crippen LogP contribution in [0.25, 0.3) is 5.69 Å². The number of anilines is 1. The Kier molecular flexibility index (Phi) is 3.80. The minimum Gasteiger partial charge on any atom is -0.307 e. The van der Waals surface area contributed by atoms with E-state index >= 15 is 0 Å². The minimum atomic E-state index is -0.249. The molecule has 0 saturated carbocycles. The van der Waals surface area contributed by atoms with Crippen LogP contribution >= 0.6 is 11.6 Å². The zero-order valence-electron chi connectivity index (χ0n) is 11.6. The maximum absolute atomic E-state index is 12.2. The van der Waals surface area contributed by atoms with Crippen LogP contribution in [0.1, 0.15) is 15.9 Å². The molecule has 7 nitrogen and oxygen atoms in total. The summed E-state index contributed by atoms with van der Waals surface area (Å²) in [5.41, 5.74) is 2.21. The summed E-state index contributed by atoms with van der Waals surface area (Å²) in [6, 6.07) is 8.56. The molecule has 0 aliphatic heterocycles. The number of pyridine rings is 1. The highest BCUT2D eigenvalue weighted by atomic mass is 35.5. The van der Waals surface area contributed by atoms with E-state index in [0.29, 0.717) is 16.4 Å². The average molecular weight is 315 g/mol. The summed E-state index contributed by atoms with van der Waals surface area (Å²) >= 11 is 5.76. The number of tetrazole rings is 1. The summed E-state index contributed by atoms with van der Waals surface area (Å²) in [6.45, 7) is 1.88. The molecule has 0 unspecified atom stereocenters. The van der Waals surface area contributed by atoms with E-state index in [1.54, 1.807) is 30.3 Å². The molecule has 0 fully saturated rings. The zero-order chi connectivity index (χ0) is 15.5. The number of amides is 1. The topological polar surface area (TPSA) is 85.6 Å². The van der Waals surface area contributed by atoms with E-state index in [-0.39, 0.29) is 5.91 Å². The molecule has 3 aromatic rings. The van der Waals surface area contributed by atoms with E-state index in [4.69, 9.17) is 11.6 Å². The smallest absolute Gasteiger partial charge is 0.256 e. The zero-order valence-corrected chi connectivity index (χ0v) is 12.3. The number of carbonyl (C=O) groups is 1.